The zero-order chi connectivity index (χ0) is 19.0. The van der Waals surface area contributed by atoms with Crippen molar-refractivity contribution in [2.45, 2.75) is 45.4 Å². The van der Waals surface area contributed by atoms with Gasteiger partial charge in [0.1, 0.15) is 5.82 Å². The second kappa shape index (κ2) is 11.5. The van der Waals surface area contributed by atoms with Gasteiger partial charge in [-0.25, -0.2) is 4.39 Å². The lowest BCUT2D eigenvalue weighted by atomic mass is 9.83. The van der Waals surface area contributed by atoms with E-state index in [1.54, 1.807) is 19.2 Å². The highest BCUT2D eigenvalue weighted by Gasteiger charge is 2.32. The molecule has 27 heavy (non-hydrogen) atoms. The summed E-state index contributed by atoms with van der Waals surface area (Å²) in [5.41, 5.74) is 6.79. The monoisotopic (exact) mass is 490 g/mol. The summed E-state index contributed by atoms with van der Waals surface area (Å²) in [5.74, 6) is -0.359. The molecular weight excluding hydrogens is 458 g/mol. The third-order valence-electron chi connectivity index (χ3n) is 5.58. The number of nitrogens with two attached hydrogens (primary N) is 1. The van der Waals surface area contributed by atoms with Crippen molar-refractivity contribution in [2.75, 3.05) is 20.1 Å². The van der Waals surface area contributed by atoms with Crippen LogP contribution in [0.2, 0.25) is 0 Å². The molecule has 2 rings (SSSR count). The number of benzene rings is 1. The third-order valence-corrected chi connectivity index (χ3v) is 5.58. The highest BCUT2D eigenvalue weighted by atomic mass is 127. The van der Waals surface area contributed by atoms with Crippen molar-refractivity contribution in [3.63, 3.8) is 0 Å². The Hall–Kier alpha value is -1.38. The van der Waals surface area contributed by atoms with E-state index >= 15 is 0 Å². The Balaban J connectivity index is 0.00000364. The van der Waals surface area contributed by atoms with Gasteiger partial charge in [0.25, 0.3) is 0 Å². The zero-order valence-electron chi connectivity index (χ0n) is 16.3. The summed E-state index contributed by atoms with van der Waals surface area (Å²) in [6.07, 6.45) is 6.72. The van der Waals surface area contributed by atoms with Crippen LogP contribution in [0.3, 0.4) is 0 Å². The van der Waals surface area contributed by atoms with Crippen LogP contribution < -0.4 is 16.4 Å². The highest BCUT2D eigenvalue weighted by molar-refractivity contribution is 14.0. The molecule has 0 aromatic heterocycles. The number of carbonyl (C=O) groups excluding carboxylic acids is 1. The molecule has 1 saturated carbocycles. The van der Waals surface area contributed by atoms with Crippen LogP contribution in [0, 0.1) is 17.2 Å². The van der Waals surface area contributed by atoms with Crippen LogP contribution in [0.4, 0.5) is 4.39 Å². The molecule has 0 saturated heterocycles. The Bertz CT molecular complexity index is 615. The maximum atomic E-state index is 13.0. The molecule has 0 aliphatic heterocycles. The Morgan fingerprint density at radius 3 is 2.41 bits per heavy atom. The molecule has 5 nitrogen and oxygen atoms in total. The molecule has 1 aliphatic carbocycles. The minimum absolute atomic E-state index is 0. The number of amides is 1. The topological polar surface area (TPSA) is 79.5 Å². The quantitative estimate of drug-likeness (QED) is 0.298. The van der Waals surface area contributed by atoms with Crippen LogP contribution in [-0.2, 0) is 11.2 Å². The van der Waals surface area contributed by atoms with E-state index in [0.717, 1.165) is 18.5 Å². The summed E-state index contributed by atoms with van der Waals surface area (Å²) in [6, 6.07) is 6.16. The number of carbonyl (C=O) groups is 1. The lowest BCUT2D eigenvalue weighted by Crippen LogP contribution is -2.46. The van der Waals surface area contributed by atoms with Crippen molar-refractivity contribution in [2.24, 2.45) is 22.1 Å². The summed E-state index contributed by atoms with van der Waals surface area (Å²) in [7, 11) is 1.72. The average molecular weight is 490 g/mol. The van der Waals surface area contributed by atoms with Crippen LogP contribution in [0.15, 0.2) is 29.3 Å². The lowest BCUT2D eigenvalue weighted by Gasteiger charge is -2.29. The summed E-state index contributed by atoms with van der Waals surface area (Å²) in [4.78, 5) is 16.0. The fourth-order valence-corrected chi connectivity index (χ4v) is 3.67. The van der Waals surface area contributed by atoms with E-state index in [9.17, 15) is 9.18 Å². The van der Waals surface area contributed by atoms with Crippen molar-refractivity contribution in [3.05, 3.63) is 35.6 Å². The second-order valence-corrected chi connectivity index (χ2v) is 7.30. The Morgan fingerprint density at radius 1 is 1.26 bits per heavy atom. The molecule has 1 atom stereocenters. The Labute approximate surface area is 178 Å². The molecule has 1 unspecified atom stereocenters. The van der Waals surface area contributed by atoms with Crippen molar-refractivity contribution < 1.29 is 9.18 Å². The normalized spacial score (nSPS) is 17.1. The van der Waals surface area contributed by atoms with Crippen LogP contribution in [0.25, 0.3) is 0 Å². The van der Waals surface area contributed by atoms with E-state index in [-0.39, 0.29) is 41.6 Å². The van der Waals surface area contributed by atoms with Gasteiger partial charge in [-0.15, -0.1) is 24.0 Å². The SMILES string of the molecule is CCC1(CNC(=NC)NCC(Cc2ccc(F)cc2)C(N)=O)CCCC1.I. The van der Waals surface area contributed by atoms with Crippen LogP contribution >= 0.6 is 24.0 Å². The first kappa shape index (κ1) is 23.7. The summed E-state index contributed by atoms with van der Waals surface area (Å²) < 4.78 is 13.0. The van der Waals surface area contributed by atoms with Gasteiger partial charge in [0.05, 0.1) is 5.92 Å². The van der Waals surface area contributed by atoms with Gasteiger partial charge < -0.3 is 16.4 Å². The number of aliphatic imine (C=N–C) groups is 1. The number of hydrogen-bond donors (Lipinski definition) is 3. The van der Waals surface area contributed by atoms with Gasteiger partial charge in [-0.05, 0) is 48.8 Å². The summed E-state index contributed by atoms with van der Waals surface area (Å²) in [6.45, 7) is 3.53. The second-order valence-electron chi connectivity index (χ2n) is 7.30. The molecule has 7 heteroatoms. The largest absolute Gasteiger partial charge is 0.369 e. The molecule has 0 heterocycles. The predicted octanol–water partition coefficient (Wildman–Crippen LogP) is 3.22. The van der Waals surface area contributed by atoms with Gasteiger partial charge in [0.15, 0.2) is 5.96 Å². The van der Waals surface area contributed by atoms with E-state index < -0.39 is 0 Å². The lowest BCUT2D eigenvalue weighted by molar-refractivity contribution is -0.121. The number of halogens is 2. The minimum atomic E-state index is -0.384. The van der Waals surface area contributed by atoms with Crippen molar-refractivity contribution >= 4 is 35.8 Å². The van der Waals surface area contributed by atoms with E-state index in [1.807, 2.05) is 0 Å². The van der Waals surface area contributed by atoms with E-state index in [1.165, 1.54) is 37.8 Å². The molecule has 1 amide bonds. The number of nitrogens with one attached hydrogen (secondary N) is 2. The molecule has 152 valence electrons. The van der Waals surface area contributed by atoms with Gasteiger partial charge in [-0.1, -0.05) is 31.9 Å². The Morgan fingerprint density at radius 2 is 1.89 bits per heavy atom. The van der Waals surface area contributed by atoms with E-state index in [4.69, 9.17) is 5.73 Å². The standard InChI is InChI=1S/C20H31FN4O.HI/c1-3-20(10-4-5-11-20)14-25-19(23-2)24-13-16(18(22)26)12-15-6-8-17(21)9-7-15;/h6-9,16H,3-5,10-14H2,1-2H3,(H2,22,26)(H2,23,24,25);1H. The minimum Gasteiger partial charge on any atom is -0.369 e. The molecule has 1 aromatic rings. The molecule has 1 aliphatic rings. The number of rotatable bonds is 8. The molecule has 0 spiro atoms. The van der Waals surface area contributed by atoms with Gasteiger partial charge in [0, 0.05) is 20.1 Å². The molecular formula is C20H32FIN4O. The summed E-state index contributed by atoms with van der Waals surface area (Å²) >= 11 is 0. The van der Waals surface area contributed by atoms with E-state index in [0.29, 0.717) is 24.3 Å². The predicted molar refractivity (Wildman–Crippen MR) is 119 cm³/mol. The van der Waals surface area contributed by atoms with Crippen molar-refractivity contribution in [1.29, 1.82) is 0 Å². The fourth-order valence-electron chi connectivity index (χ4n) is 3.67. The molecule has 1 fully saturated rings. The summed E-state index contributed by atoms with van der Waals surface area (Å²) in [5, 5.41) is 6.62. The third kappa shape index (κ3) is 7.27. The highest BCUT2D eigenvalue weighted by Crippen LogP contribution is 2.40. The van der Waals surface area contributed by atoms with Crippen LogP contribution in [-0.4, -0.2) is 32.0 Å². The zero-order valence-corrected chi connectivity index (χ0v) is 18.6. The number of guanidine groups is 1. The molecule has 0 radical (unpaired) electrons. The first-order valence-corrected chi connectivity index (χ1v) is 9.46. The van der Waals surface area contributed by atoms with E-state index in [2.05, 4.69) is 22.5 Å². The Kier molecular flexibility index (Phi) is 10.0. The molecule has 1 aromatic carbocycles. The maximum absolute atomic E-state index is 13.0. The van der Waals surface area contributed by atoms with Gasteiger partial charge in [0.2, 0.25) is 5.91 Å². The fraction of sp³-hybridized carbons (Fsp3) is 0.600. The molecule has 4 N–H and O–H groups in total. The maximum Gasteiger partial charge on any atom is 0.222 e. The number of nitrogens with zero attached hydrogens (tertiary/aromatic N) is 1. The van der Waals surface area contributed by atoms with Crippen molar-refractivity contribution in [1.82, 2.24) is 10.6 Å². The van der Waals surface area contributed by atoms with Crippen LogP contribution in [0.1, 0.15) is 44.6 Å². The first-order valence-electron chi connectivity index (χ1n) is 9.46. The average Bonchev–Trinajstić information content (AvgIpc) is 3.11. The van der Waals surface area contributed by atoms with Crippen molar-refractivity contribution in [3.8, 4) is 0 Å². The van der Waals surface area contributed by atoms with Gasteiger partial charge in [-0.2, -0.15) is 0 Å². The van der Waals surface area contributed by atoms with Gasteiger partial charge in [-0.3, -0.25) is 9.79 Å². The van der Waals surface area contributed by atoms with Crippen LogP contribution in [0.5, 0.6) is 0 Å². The first-order chi connectivity index (χ1) is 12.5. The smallest absolute Gasteiger partial charge is 0.222 e. The number of primary amides is 1. The van der Waals surface area contributed by atoms with Gasteiger partial charge >= 0.3 is 0 Å². The number of hydrogen-bond acceptors (Lipinski definition) is 2. The molecule has 0 bridgehead atoms.